The summed E-state index contributed by atoms with van der Waals surface area (Å²) in [6.45, 7) is 0. The van der Waals surface area contributed by atoms with Gasteiger partial charge in [0.1, 0.15) is 0 Å². The average molecular weight is 553 g/mol. The van der Waals surface area contributed by atoms with Crippen LogP contribution in [0, 0.1) is 0 Å². The first kappa shape index (κ1) is 26.3. The number of rotatable bonds is 8. The molecule has 0 heterocycles. The highest BCUT2D eigenvalue weighted by atomic mass is 14.9. The van der Waals surface area contributed by atoms with Crippen LogP contribution in [0.3, 0.4) is 0 Å². The molecule has 0 unspecified atom stereocenters. The second kappa shape index (κ2) is 12.1. The quantitative estimate of drug-likeness (QED) is 0.196. The standard InChI is InChI=1S/C41H32N2/c1-3-14-30(15-4-1)34-18-7-10-22-38(34)42-39-23-11-8-19-35(39)32-26-28-33(29-27-32)36-20-9-12-24-40(36)43-41-25-13-21-37(41)31-16-5-2-6-17-31/h1-20,22-29,42-43H,21H2. The maximum Gasteiger partial charge on any atom is 0.0464 e. The van der Waals surface area contributed by atoms with Gasteiger partial charge in [-0.1, -0.05) is 146 Å². The molecule has 6 aromatic carbocycles. The molecule has 0 radical (unpaired) electrons. The summed E-state index contributed by atoms with van der Waals surface area (Å²) >= 11 is 0. The molecule has 2 N–H and O–H groups in total. The highest BCUT2D eigenvalue weighted by Gasteiger charge is 2.14. The lowest BCUT2D eigenvalue weighted by molar-refractivity contribution is 1.40. The largest absolute Gasteiger partial charge is 0.355 e. The van der Waals surface area contributed by atoms with Gasteiger partial charge in [-0.05, 0) is 58.5 Å². The summed E-state index contributed by atoms with van der Waals surface area (Å²) in [5, 5.41) is 7.47. The van der Waals surface area contributed by atoms with E-state index in [9.17, 15) is 0 Å². The Hall–Kier alpha value is -5.60. The molecule has 0 aliphatic heterocycles. The fraction of sp³-hybridized carbons (Fsp3) is 0.0244. The third-order valence-corrected chi connectivity index (χ3v) is 7.97. The van der Waals surface area contributed by atoms with Crippen LogP contribution in [-0.4, -0.2) is 0 Å². The first-order chi connectivity index (χ1) is 21.3. The van der Waals surface area contributed by atoms with Crippen molar-refractivity contribution in [2.75, 3.05) is 10.6 Å². The first-order valence-corrected chi connectivity index (χ1v) is 14.8. The van der Waals surface area contributed by atoms with Gasteiger partial charge in [0.25, 0.3) is 0 Å². The summed E-state index contributed by atoms with van der Waals surface area (Å²) in [4.78, 5) is 0. The fourth-order valence-electron chi connectivity index (χ4n) is 5.80. The van der Waals surface area contributed by atoms with Crippen molar-refractivity contribution in [3.05, 3.63) is 181 Å². The van der Waals surface area contributed by atoms with Crippen LogP contribution in [0.4, 0.5) is 17.1 Å². The van der Waals surface area contributed by atoms with Crippen LogP contribution in [0.5, 0.6) is 0 Å². The second-order valence-corrected chi connectivity index (χ2v) is 10.7. The molecule has 0 atom stereocenters. The molecular formula is C41H32N2. The van der Waals surface area contributed by atoms with Gasteiger partial charge in [0.2, 0.25) is 0 Å². The molecule has 43 heavy (non-hydrogen) atoms. The molecule has 206 valence electrons. The van der Waals surface area contributed by atoms with E-state index >= 15 is 0 Å². The SMILES string of the molecule is C1=CC(Nc2ccccc2-c2ccc(-c3ccccc3Nc3ccccc3-c3ccccc3)cc2)=C(c2ccccc2)C1. The Morgan fingerprint density at radius 1 is 0.349 bits per heavy atom. The van der Waals surface area contributed by atoms with Gasteiger partial charge in [0, 0.05) is 39.4 Å². The predicted octanol–water partition coefficient (Wildman–Crippen LogP) is 11.2. The van der Waals surface area contributed by atoms with Crippen LogP contribution in [0.25, 0.3) is 39.0 Å². The summed E-state index contributed by atoms with van der Waals surface area (Å²) in [5.41, 5.74) is 14.1. The molecule has 0 saturated carbocycles. The summed E-state index contributed by atoms with van der Waals surface area (Å²) in [6.07, 6.45) is 5.36. The van der Waals surface area contributed by atoms with Gasteiger partial charge in [-0.25, -0.2) is 0 Å². The Labute approximate surface area is 253 Å². The second-order valence-electron chi connectivity index (χ2n) is 10.7. The first-order valence-electron chi connectivity index (χ1n) is 14.8. The van der Waals surface area contributed by atoms with Crippen molar-refractivity contribution < 1.29 is 0 Å². The van der Waals surface area contributed by atoms with E-state index in [-0.39, 0.29) is 0 Å². The number of allylic oxidation sites excluding steroid dienone is 3. The van der Waals surface area contributed by atoms with Gasteiger partial charge >= 0.3 is 0 Å². The maximum absolute atomic E-state index is 3.74. The van der Waals surface area contributed by atoms with E-state index in [4.69, 9.17) is 0 Å². The van der Waals surface area contributed by atoms with E-state index in [1.165, 1.54) is 39.0 Å². The van der Waals surface area contributed by atoms with Crippen LogP contribution in [0.15, 0.2) is 176 Å². The van der Waals surface area contributed by atoms with Crippen molar-refractivity contribution >= 4 is 22.6 Å². The van der Waals surface area contributed by atoms with Gasteiger partial charge in [-0.2, -0.15) is 0 Å². The zero-order valence-electron chi connectivity index (χ0n) is 23.9. The van der Waals surface area contributed by atoms with Crippen LogP contribution in [0.2, 0.25) is 0 Å². The number of hydrogen-bond donors (Lipinski definition) is 2. The molecule has 0 aromatic heterocycles. The van der Waals surface area contributed by atoms with Crippen molar-refractivity contribution in [2.24, 2.45) is 0 Å². The molecule has 0 bridgehead atoms. The molecule has 7 rings (SSSR count). The Kier molecular flexibility index (Phi) is 7.40. The van der Waals surface area contributed by atoms with Crippen LogP contribution in [-0.2, 0) is 0 Å². The summed E-state index contributed by atoms with van der Waals surface area (Å²) in [6, 6.07) is 55.6. The van der Waals surface area contributed by atoms with E-state index in [1.54, 1.807) is 0 Å². The fourth-order valence-corrected chi connectivity index (χ4v) is 5.80. The lowest BCUT2D eigenvalue weighted by Gasteiger charge is -2.17. The van der Waals surface area contributed by atoms with Crippen molar-refractivity contribution in [3.63, 3.8) is 0 Å². The summed E-state index contributed by atoms with van der Waals surface area (Å²) in [7, 11) is 0. The highest BCUT2D eigenvalue weighted by Crippen LogP contribution is 2.37. The topological polar surface area (TPSA) is 24.1 Å². The van der Waals surface area contributed by atoms with E-state index in [0.717, 1.165) is 34.7 Å². The average Bonchev–Trinajstić information content (AvgIpc) is 3.55. The monoisotopic (exact) mass is 552 g/mol. The molecular weight excluding hydrogens is 520 g/mol. The van der Waals surface area contributed by atoms with Gasteiger partial charge in [-0.15, -0.1) is 0 Å². The summed E-state index contributed by atoms with van der Waals surface area (Å²) in [5.74, 6) is 0. The van der Waals surface area contributed by atoms with E-state index < -0.39 is 0 Å². The molecule has 0 fully saturated rings. The minimum atomic E-state index is 0.937. The number of hydrogen-bond acceptors (Lipinski definition) is 2. The molecule has 0 spiro atoms. The molecule has 2 nitrogen and oxygen atoms in total. The molecule has 1 aliphatic rings. The molecule has 0 amide bonds. The molecule has 1 aliphatic carbocycles. The third kappa shape index (κ3) is 5.64. The van der Waals surface area contributed by atoms with E-state index in [1.807, 2.05) is 0 Å². The molecule has 2 heteroatoms. The number of benzene rings is 6. The Bertz CT molecular complexity index is 1920. The smallest absolute Gasteiger partial charge is 0.0464 e. The van der Waals surface area contributed by atoms with Crippen LogP contribution >= 0.6 is 0 Å². The maximum atomic E-state index is 3.74. The normalized spacial score (nSPS) is 12.4. The predicted molar refractivity (Wildman–Crippen MR) is 183 cm³/mol. The Morgan fingerprint density at radius 3 is 1.26 bits per heavy atom. The van der Waals surface area contributed by atoms with Gasteiger partial charge in [-0.3, -0.25) is 0 Å². The van der Waals surface area contributed by atoms with Crippen LogP contribution < -0.4 is 10.6 Å². The van der Waals surface area contributed by atoms with Crippen molar-refractivity contribution in [2.45, 2.75) is 6.42 Å². The van der Waals surface area contributed by atoms with Crippen molar-refractivity contribution in [1.82, 2.24) is 0 Å². The summed E-state index contributed by atoms with van der Waals surface area (Å²) < 4.78 is 0. The molecule has 6 aromatic rings. The number of nitrogens with one attached hydrogen (secondary N) is 2. The zero-order chi connectivity index (χ0) is 28.8. The lowest BCUT2D eigenvalue weighted by atomic mass is 9.97. The number of anilines is 3. The zero-order valence-corrected chi connectivity index (χ0v) is 23.9. The van der Waals surface area contributed by atoms with Gasteiger partial charge < -0.3 is 10.6 Å². The minimum absolute atomic E-state index is 0.937. The highest BCUT2D eigenvalue weighted by molar-refractivity contribution is 5.88. The van der Waals surface area contributed by atoms with Gasteiger partial charge in [0.05, 0.1) is 0 Å². The Morgan fingerprint density at radius 2 is 0.744 bits per heavy atom. The Balaban J connectivity index is 1.18. The lowest BCUT2D eigenvalue weighted by Crippen LogP contribution is -2.00. The minimum Gasteiger partial charge on any atom is -0.355 e. The van der Waals surface area contributed by atoms with E-state index in [0.29, 0.717) is 0 Å². The van der Waals surface area contributed by atoms with Crippen LogP contribution in [0.1, 0.15) is 12.0 Å². The van der Waals surface area contributed by atoms with Gasteiger partial charge in [0.15, 0.2) is 0 Å². The molecule has 0 saturated heterocycles. The van der Waals surface area contributed by atoms with E-state index in [2.05, 4.69) is 181 Å². The van der Waals surface area contributed by atoms with Crippen molar-refractivity contribution in [1.29, 1.82) is 0 Å². The number of para-hydroxylation sites is 3. The third-order valence-electron chi connectivity index (χ3n) is 7.97. The van der Waals surface area contributed by atoms with Crippen molar-refractivity contribution in [3.8, 4) is 33.4 Å².